The summed E-state index contributed by atoms with van der Waals surface area (Å²) in [6.07, 6.45) is 3.45. The molecule has 4 aromatic rings. The molecule has 0 saturated carbocycles. The minimum atomic E-state index is -0.145. The van der Waals surface area contributed by atoms with Crippen LogP contribution in [0.15, 0.2) is 29.3 Å². The van der Waals surface area contributed by atoms with Crippen molar-refractivity contribution >= 4 is 27.2 Å². The summed E-state index contributed by atoms with van der Waals surface area (Å²) in [5.41, 5.74) is 2.70. The van der Waals surface area contributed by atoms with Crippen molar-refractivity contribution in [2.75, 3.05) is 0 Å². The van der Waals surface area contributed by atoms with Crippen LogP contribution >= 0.6 is 11.3 Å². The van der Waals surface area contributed by atoms with Crippen LogP contribution in [-0.2, 0) is 6.54 Å². The summed E-state index contributed by atoms with van der Waals surface area (Å²) in [6.45, 7) is 8.67. The number of aryl methyl sites for hydroxylation is 2. The van der Waals surface area contributed by atoms with Gasteiger partial charge >= 0.3 is 5.69 Å². The van der Waals surface area contributed by atoms with Crippen molar-refractivity contribution in [2.24, 2.45) is 0 Å². The third-order valence-corrected chi connectivity index (χ3v) is 5.57. The lowest BCUT2D eigenvalue weighted by molar-refractivity contribution is 0.648. The van der Waals surface area contributed by atoms with Gasteiger partial charge in [0.25, 0.3) is 0 Å². The van der Waals surface area contributed by atoms with Crippen LogP contribution in [0, 0.1) is 13.8 Å². The van der Waals surface area contributed by atoms with E-state index in [1.165, 1.54) is 9.56 Å². The molecular formula is C18H19N5OS. The Labute approximate surface area is 148 Å². The van der Waals surface area contributed by atoms with Crippen LogP contribution < -0.4 is 5.69 Å². The van der Waals surface area contributed by atoms with Crippen molar-refractivity contribution in [2.45, 2.75) is 40.2 Å². The Morgan fingerprint density at radius 1 is 1.20 bits per heavy atom. The molecule has 0 atom stereocenters. The molecule has 0 N–H and O–H groups in total. The standard InChI is InChI=1S/C18H19N5OS/c1-10(2)15-20-17-14(11(3)12(4)25-17)16-21-22(18(24)23(15)16)9-13-5-7-19-8-6-13/h5-8,10H,9H2,1-4H3. The van der Waals surface area contributed by atoms with Crippen LogP contribution in [0.3, 0.4) is 0 Å². The van der Waals surface area contributed by atoms with Crippen LogP contribution in [0.2, 0.25) is 0 Å². The molecule has 0 fully saturated rings. The number of aromatic nitrogens is 5. The lowest BCUT2D eigenvalue weighted by atomic mass is 10.2. The summed E-state index contributed by atoms with van der Waals surface area (Å²) < 4.78 is 3.19. The van der Waals surface area contributed by atoms with E-state index in [1.807, 2.05) is 26.0 Å². The van der Waals surface area contributed by atoms with E-state index in [0.717, 1.165) is 27.2 Å². The van der Waals surface area contributed by atoms with Crippen molar-refractivity contribution < 1.29 is 0 Å². The van der Waals surface area contributed by atoms with Crippen LogP contribution in [0.5, 0.6) is 0 Å². The monoisotopic (exact) mass is 353 g/mol. The number of nitrogens with zero attached hydrogens (tertiary/aromatic N) is 5. The fourth-order valence-electron chi connectivity index (χ4n) is 3.03. The highest BCUT2D eigenvalue weighted by Gasteiger charge is 2.21. The molecule has 128 valence electrons. The molecule has 0 aliphatic heterocycles. The number of rotatable bonds is 3. The summed E-state index contributed by atoms with van der Waals surface area (Å²) in [6, 6.07) is 3.79. The zero-order valence-corrected chi connectivity index (χ0v) is 15.5. The molecular weight excluding hydrogens is 334 g/mol. The number of hydrogen-bond acceptors (Lipinski definition) is 5. The van der Waals surface area contributed by atoms with E-state index in [1.54, 1.807) is 28.1 Å². The number of fused-ring (bicyclic) bond motifs is 3. The van der Waals surface area contributed by atoms with E-state index in [2.05, 4.69) is 23.9 Å². The van der Waals surface area contributed by atoms with Crippen molar-refractivity contribution in [1.82, 2.24) is 24.1 Å². The fourth-order valence-corrected chi connectivity index (χ4v) is 4.06. The van der Waals surface area contributed by atoms with E-state index < -0.39 is 0 Å². The second-order valence-corrected chi connectivity index (χ2v) is 7.75. The van der Waals surface area contributed by atoms with E-state index in [0.29, 0.717) is 12.2 Å². The third-order valence-electron chi connectivity index (χ3n) is 4.47. The molecule has 4 aromatic heterocycles. The SMILES string of the molecule is Cc1sc2nc(C(C)C)n3c(=O)n(Cc4ccncc4)nc3c2c1C. The molecule has 4 rings (SSSR count). The highest BCUT2D eigenvalue weighted by Crippen LogP contribution is 2.32. The minimum Gasteiger partial charge on any atom is -0.265 e. The maximum atomic E-state index is 13.0. The van der Waals surface area contributed by atoms with Gasteiger partial charge in [0, 0.05) is 23.2 Å². The number of pyridine rings is 1. The van der Waals surface area contributed by atoms with Gasteiger partial charge in [0.05, 0.1) is 11.9 Å². The Balaban J connectivity index is 2.05. The smallest absolute Gasteiger partial charge is 0.265 e. The van der Waals surface area contributed by atoms with Gasteiger partial charge in [0.2, 0.25) is 0 Å². The predicted octanol–water partition coefficient (Wildman–Crippen LogP) is 3.29. The quantitative estimate of drug-likeness (QED) is 0.567. The lowest BCUT2D eigenvalue weighted by Crippen LogP contribution is -2.24. The molecule has 4 heterocycles. The lowest BCUT2D eigenvalue weighted by Gasteiger charge is -2.07. The zero-order chi connectivity index (χ0) is 17.7. The van der Waals surface area contributed by atoms with E-state index in [9.17, 15) is 4.79 Å². The van der Waals surface area contributed by atoms with E-state index in [4.69, 9.17) is 4.98 Å². The normalized spacial score (nSPS) is 11.9. The fraction of sp³-hybridized carbons (Fsp3) is 0.333. The molecule has 0 saturated heterocycles. The van der Waals surface area contributed by atoms with Crippen molar-refractivity contribution in [3.8, 4) is 0 Å². The first-order valence-corrected chi connectivity index (χ1v) is 9.07. The van der Waals surface area contributed by atoms with Crippen molar-refractivity contribution in [3.05, 3.63) is 56.8 Å². The molecule has 25 heavy (non-hydrogen) atoms. The van der Waals surface area contributed by atoms with Crippen LogP contribution in [-0.4, -0.2) is 24.1 Å². The molecule has 0 aliphatic rings. The first kappa shape index (κ1) is 16.0. The Hall–Kier alpha value is -2.54. The summed E-state index contributed by atoms with van der Waals surface area (Å²) in [7, 11) is 0. The van der Waals surface area contributed by atoms with Gasteiger partial charge in [0.15, 0.2) is 5.65 Å². The molecule has 0 aliphatic carbocycles. The molecule has 0 amide bonds. The molecule has 0 unspecified atom stereocenters. The van der Waals surface area contributed by atoms with Crippen LogP contribution in [0.1, 0.15) is 41.6 Å². The summed E-state index contributed by atoms with van der Waals surface area (Å²) in [5.74, 6) is 0.889. The van der Waals surface area contributed by atoms with Crippen LogP contribution in [0.4, 0.5) is 0 Å². The Morgan fingerprint density at radius 2 is 1.92 bits per heavy atom. The molecule has 0 spiro atoms. The molecule has 0 bridgehead atoms. The van der Waals surface area contributed by atoms with Crippen molar-refractivity contribution in [1.29, 1.82) is 0 Å². The highest BCUT2D eigenvalue weighted by atomic mass is 32.1. The predicted molar refractivity (Wildman–Crippen MR) is 99.5 cm³/mol. The highest BCUT2D eigenvalue weighted by molar-refractivity contribution is 7.18. The van der Waals surface area contributed by atoms with Gasteiger partial charge in [0.1, 0.15) is 10.7 Å². The maximum absolute atomic E-state index is 13.0. The largest absolute Gasteiger partial charge is 0.352 e. The van der Waals surface area contributed by atoms with Gasteiger partial charge in [-0.25, -0.2) is 18.9 Å². The van der Waals surface area contributed by atoms with Gasteiger partial charge in [-0.1, -0.05) is 13.8 Å². The Morgan fingerprint density at radius 3 is 2.60 bits per heavy atom. The average Bonchev–Trinajstić information content (AvgIpc) is 3.05. The second kappa shape index (κ2) is 5.77. The van der Waals surface area contributed by atoms with Gasteiger partial charge in [-0.2, -0.15) is 0 Å². The topological polar surface area (TPSA) is 65.1 Å². The average molecular weight is 353 g/mol. The van der Waals surface area contributed by atoms with E-state index in [-0.39, 0.29) is 11.6 Å². The maximum Gasteiger partial charge on any atom is 0.352 e. The van der Waals surface area contributed by atoms with E-state index >= 15 is 0 Å². The molecule has 0 aromatic carbocycles. The summed E-state index contributed by atoms with van der Waals surface area (Å²) in [5, 5.41) is 5.65. The summed E-state index contributed by atoms with van der Waals surface area (Å²) >= 11 is 1.66. The number of hydrogen-bond donors (Lipinski definition) is 0. The zero-order valence-electron chi connectivity index (χ0n) is 14.6. The molecule has 6 nitrogen and oxygen atoms in total. The van der Waals surface area contributed by atoms with Crippen LogP contribution in [0.25, 0.3) is 15.9 Å². The van der Waals surface area contributed by atoms with Gasteiger partial charge in [-0.3, -0.25) is 4.98 Å². The van der Waals surface area contributed by atoms with Gasteiger partial charge < -0.3 is 0 Å². The molecule has 0 radical (unpaired) electrons. The first-order valence-electron chi connectivity index (χ1n) is 8.25. The minimum absolute atomic E-state index is 0.130. The first-order chi connectivity index (χ1) is 12.0. The third kappa shape index (κ3) is 2.46. The number of thiophene rings is 1. The summed E-state index contributed by atoms with van der Waals surface area (Å²) in [4.78, 5) is 24.0. The van der Waals surface area contributed by atoms with Gasteiger partial charge in [-0.15, -0.1) is 16.4 Å². The Bertz CT molecular complexity index is 1140. The van der Waals surface area contributed by atoms with Gasteiger partial charge in [-0.05, 0) is 37.1 Å². The van der Waals surface area contributed by atoms with Crippen molar-refractivity contribution in [3.63, 3.8) is 0 Å². The second-order valence-electron chi connectivity index (χ2n) is 6.54. The molecule has 7 heteroatoms. The Kier molecular flexibility index (Phi) is 3.68.